The van der Waals surface area contributed by atoms with E-state index < -0.39 is 5.97 Å². The fourth-order valence-electron chi connectivity index (χ4n) is 2.40. The number of nitrogens with zero attached hydrogens (tertiary/aromatic N) is 2. The van der Waals surface area contributed by atoms with E-state index in [4.69, 9.17) is 4.74 Å². The van der Waals surface area contributed by atoms with Crippen LogP contribution in [-0.2, 0) is 9.53 Å². The number of hydrogen-bond acceptors (Lipinski definition) is 4. The predicted octanol–water partition coefficient (Wildman–Crippen LogP) is 1.94. The molecule has 6 heteroatoms. The van der Waals surface area contributed by atoms with Crippen LogP contribution in [0.1, 0.15) is 30.1 Å². The number of benzene rings is 1. The third kappa shape index (κ3) is 3.97. The summed E-state index contributed by atoms with van der Waals surface area (Å²) in [7, 11) is 0. The Labute approximate surface area is 134 Å². The highest BCUT2D eigenvalue weighted by Gasteiger charge is 2.28. The number of aromatic nitrogens is 2. The van der Waals surface area contributed by atoms with Crippen LogP contribution in [0.15, 0.2) is 42.7 Å². The zero-order chi connectivity index (χ0) is 16.2. The zero-order valence-corrected chi connectivity index (χ0v) is 12.9. The van der Waals surface area contributed by atoms with Crippen LogP contribution in [-0.4, -0.2) is 34.3 Å². The van der Waals surface area contributed by atoms with Crippen LogP contribution in [0.5, 0.6) is 0 Å². The lowest BCUT2D eigenvalue weighted by Gasteiger charge is -2.12. The van der Waals surface area contributed by atoms with E-state index in [1.807, 2.05) is 19.2 Å². The Bertz CT molecular complexity index is 676. The summed E-state index contributed by atoms with van der Waals surface area (Å²) in [5.74, 6) is -0.193. The first-order chi connectivity index (χ1) is 11.1. The maximum atomic E-state index is 12.0. The number of nitrogens with one attached hydrogen (secondary N) is 1. The zero-order valence-electron chi connectivity index (χ0n) is 12.9. The molecule has 1 aromatic carbocycles. The summed E-state index contributed by atoms with van der Waals surface area (Å²) >= 11 is 0. The van der Waals surface area contributed by atoms with Gasteiger partial charge in [0.15, 0.2) is 6.61 Å². The molecule has 0 spiro atoms. The number of amides is 1. The standard InChI is InChI=1S/C17H19N3O3/c1-12(13-3-4-13)19-16(21)11-23-17(22)14-5-7-15(8-6-14)20-10-2-9-18-20/h2,5-10,12-13H,3-4,11H2,1H3,(H,19,21)/t12-/m0/s1. The molecule has 1 heterocycles. The molecule has 1 aliphatic rings. The van der Waals surface area contributed by atoms with E-state index in [0.717, 1.165) is 18.5 Å². The van der Waals surface area contributed by atoms with E-state index >= 15 is 0 Å². The van der Waals surface area contributed by atoms with Crippen molar-refractivity contribution in [2.45, 2.75) is 25.8 Å². The molecule has 0 aliphatic heterocycles. The van der Waals surface area contributed by atoms with Crippen molar-refractivity contribution >= 4 is 11.9 Å². The summed E-state index contributed by atoms with van der Waals surface area (Å²) in [6.07, 6.45) is 5.82. The van der Waals surface area contributed by atoms with Crippen LogP contribution >= 0.6 is 0 Å². The lowest BCUT2D eigenvalue weighted by Crippen LogP contribution is -2.37. The van der Waals surface area contributed by atoms with Gasteiger partial charge in [-0.05, 0) is 56.0 Å². The Morgan fingerprint density at radius 3 is 2.70 bits per heavy atom. The number of rotatable bonds is 6. The van der Waals surface area contributed by atoms with E-state index in [1.54, 1.807) is 35.1 Å². The van der Waals surface area contributed by atoms with Gasteiger partial charge in [0.05, 0.1) is 11.3 Å². The van der Waals surface area contributed by atoms with Crippen molar-refractivity contribution in [1.82, 2.24) is 15.1 Å². The average Bonchev–Trinajstić information content (AvgIpc) is 3.28. The summed E-state index contributed by atoms with van der Waals surface area (Å²) in [6, 6.07) is 8.84. The minimum absolute atomic E-state index is 0.148. The normalized spacial score (nSPS) is 15.0. The first-order valence-corrected chi connectivity index (χ1v) is 7.70. The lowest BCUT2D eigenvalue weighted by molar-refractivity contribution is -0.124. The molecule has 23 heavy (non-hydrogen) atoms. The molecule has 0 saturated heterocycles. The smallest absolute Gasteiger partial charge is 0.338 e. The number of ether oxygens (including phenoxy) is 1. The molecular weight excluding hydrogens is 294 g/mol. The number of hydrogen-bond donors (Lipinski definition) is 1. The fraction of sp³-hybridized carbons (Fsp3) is 0.353. The van der Waals surface area contributed by atoms with E-state index in [2.05, 4.69) is 10.4 Å². The van der Waals surface area contributed by atoms with Gasteiger partial charge < -0.3 is 10.1 Å². The Balaban J connectivity index is 1.50. The van der Waals surface area contributed by atoms with Crippen molar-refractivity contribution in [2.24, 2.45) is 5.92 Å². The van der Waals surface area contributed by atoms with Crippen molar-refractivity contribution < 1.29 is 14.3 Å². The molecule has 1 N–H and O–H groups in total. The molecule has 1 amide bonds. The van der Waals surface area contributed by atoms with Crippen LogP contribution < -0.4 is 5.32 Å². The van der Waals surface area contributed by atoms with Crippen molar-refractivity contribution in [3.05, 3.63) is 48.3 Å². The molecule has 1 saturated carbocycles. The lowest BCUT2D eigenvalue weighted by atomic mass is 10.2. The molecule has 1 atom stereocenters. The molecule has 0 radical (unpaired) electrons. The quantitative estimate of drug-likeness (QED) is 0.827. The maximum absolute atomic E-state index is 12.0. The van der Waals surface area contributed by atoms with Gasteiger partial charge in [-0.15, -0.1) is 0 Å². The molecule has 1 aliphatic carbocycles. The third-order valence-corrected chi connectivity index (χ3v) is 3.92. The van der Waals surface area contributed by atoms with Gasteiger partial charge in [-0.3, -0.25) is 4.79 Å². The summed E-state index contributed by atoms with van der Waals surface area (Å²) in [5.41, 5.74) is 1.26. The molecule has 0 bridgehead atoms. The summed E-state index contributed by atoms with van der Waals surface area (Å²) in [6.45, 7) is 1.72. The Morgan fingerprint density at radius 1 is 1.35 bits per heavy atom. The average molecular weight is 313 g/mol. The van der Waals surface area contributed by atoms with Crippen LogP contribution in [0.2, 0.25) is 0 Å². The van der Waals surface area contributed by atoms with Crippen molar-refractivity contribution in [3.8, 4) is 5.69 Å². The number of carbonyl (C=O) groups excluding carboxylic acids is 2. The first kappa shape index (κ1) is 15.3. The van der Waals surface area contributed by atoms with Gasteiger partial charge in [0, 0.05) is 18.4 Å². The third-order valence-electron chi connectivity index (χ3n) is 3.92. The van der Waals surface area contributed by atoms with Crippen molar-refractivity contribution in [1.29, 1.82) is 0 Å². The monoisotopic (exact) mass is 313 g/mol. The first-order valence-electron chi connectivity index (χ1n) is 7.70. The molecule has 120 valence electrons. The van der Waals surface area contributed by atoms with Crippen LogP contribution in [0.3, 0.4) is 0 Å². The highest BCUT2D eigenvalue weighted by molar-refractivity contribution is 5.91. The highest BCUT2D eigenvalue weighted by Crippen LogP contribution is 2.32. The Morgan fingerprint density at radius 2 is 2.09 bits per heavy atom. The van der Waals surface area contributed by atoms with Gasteiger partial charge in [-0.1, -0.05) is 0 Å². The number of esters is 1. The van der Waals surface area contributed by atoms with Gasteiger partial charge in [-0.25, -0.2) is 9.48 Å². The van der Waals surface area contributed by atoms with Crippen LogP contribution in [0, 0.1) is 5.92 Å². The number of carbonyl (C=O) groups is 2. The molecular formula is C17H19N3O3. The van der Waals surface area contributed by atoms with Crippen LogP contribution in [0.4, 0.5) is 0 Å². The second-order valence-corrected chi connectivity index (χ2v) is 5.77. The van der Waals surface area contributed by atoms with Gasteiger partial charge in [0.1, 0.15) is 0 Å². The maximum Gasteiger partial charge on any atom is 0.338 e. The highest BCUT2D eigenvalue weighted by atomic mass is 16.5. The largest absolute Gasteiger partial charge is 0.452 e. The molecule has 6 nitrogen and oxygen atoms in total. The molecule has 2 aromatic rings. The molecule has 3 rings (SSSR count). The van der Waals surface area contributed by atoms with Crippen molar-refractivity contribution in [3.63, 3.8) is 0 Å². The second-order valence-electron chi connectivity index (χ2n) is 5.77. The molecule has 0 unspecified atom stereocenters. The van der Waals surface area contributed by atoms with E-state index in [1.165, 1.54) is 0 Å². The predicted molar refractivity (Wildman–Crippen MR) is 84.2 cm³/mol. The summed E-state index contributed by atoms with van der Waals surface area (Å²) in [5, 5.41) is 6.96. The van der Waals surface area contributed by atoms with Gasteiger partial charge in [0.2, 0.25) is 0 Å². The van der Waals surface area contributed by atoms with E-state index in [9.17, 15) is 9.59 Å². The van der Waals surface area contributed by atoms with E-state index in [-0.39, 0.29) is 18.6 Å². The van der Waals surface area contributed by atoms with Gasteiger partial charge >= 0.3 is 5.97 Å². The van der Waals surface area contributed by atoms with Gasteiger partial charge in [-0.2, -0.15) is 5.10 Å². The van der Waals surface area contributed by atoms with Crippen LogP contribution in [0.25, 0.3) is 5.69 Å². The molecule has 1 aromatic heterocycles. The minimum Gasteiger partial charge on any atom is -0.452 e. The topological polar surface area (TPSA) is 73.2 Å². The second kappa shape index (κ2) is 6.64. The minimum atomic E-state index is -0.508. The fourth-order valence-corrected chi connectivity index (χ4v) is 2.40. The summed E-state index contributed by atoms with van der Waals surface area (Å²) < 4.78 is 6.74. The van der Waals surface area contributed by atoms with E-state index in [0.29, 0.717) is 11.5 Å². The molecule has 1 fully saturated rings. The Hall–Kier alpha value is -2.63. The Kier molecular flexibility index (Phi) is 4.41. The SMILES string of the molecule is C[C@H](NC(=O)COC(=O)c1ccc(-n2cccn2)cc1)C1CC1. The summed E-state index contributed by atoms with van der Waals surface area (Å²) in [4.78, 5) is 23.7. The van der Waals surface area contributed by atoms with Gasteiger partial charge in [0.25, 0.3) is 5.91 Å². The van der Waals surface area contributed by atoms with Crippen molar-refractivity contribution in [2.75, 3.05) is 6.61 Å².